The van der Waals surface area contributed by atoms with Gasteiger partial charge in [0.1, 0.15) is 10.7 Å². The number of fused-ring (bicyclic) bond motifs is 1. The van der Waals surface area contributed by atoms with Crippen LogP contribution in [0, 0.1) is 18.3 Å². The topological polar surface area (TPSA) is 58.7 Å². The fraction of sp³-hybridized carbons (Fsp3) is 0.389. The zero-order valence-electron chi connectivity index (χ0n) is 13.8. The standard InChI is InChI=1S/C18H19N3OS2/c1-3-7-14-20-17-16(18(22)21(14)10-5-4-9-19)15(12(2)24-17)13-8-6-11-23-13/h6,8,11H,3-5,7,10H2,1-2H3. The van der Waals surface area contributed by atoms with Crippen molar-refractivity contribution >= 4 is 32.9 Å². The number of aryl methyl sites for hydroxylation is 2. The molecule has 0 saturated heterocycles. The summed E-state index contributed by atoms with van der Waals surface area (Å²) >= 11 is 3.25. The quantitative estimate of drug-likeness (QED) is 0.598. The summed E-state index contributed by atoms with van der Waals surface area (Å²) in [5.41, 5.74) is 1.06. The minimum Gasteiger partial charge on any atom is -0.296 e. The van der Waals surface area contributed by atoms with Crippen LogP contribution >= 0.6 is 22.7 Å². The molecule has 24 heavy (non-hydrogen) atoms. The van der Waals surface area contributed by atoms with Crippen LogP contribution < -0.4 is 5.56 Å². The Morgan fingerprint density at radius 2 is 2.25 bits per heavy atom. The van der Waals surface area contributed by atoms with Gasteiger partial charge in [0.05, 0.1) is 11.5 Å². The predicted octanol–water partition coefficient (Wildman–Crippen LogP) is 4.75. The summed E-state index contributed by atoms with van der Waals surface area (Å²) in [4.78, 5) is 21.1. The first kappa shape index (κ1) is 16.9. The molecule has 3 rings (SSSR count). The number of unbranched alkanes of at least 4 members (excludes halogenated alkanes) is 1. The van der Waals surface area contributed by atoms with Crippen LogP contribution in [-0.4, -0.2) is 9.55 Å². The van der Waals surface area contributed by atoms with E-state index in [1.54, 1.807) is 27.2 Å². The van der Waals surface area contributed by atoms with Crippen LogP contribution in [-0.2, 0) is 13.0 Å². The van der Waals surface area contributed by atoms with E-state index in [0.29, 0.717) is 19.4 Å². The van der Waals surface area contributed by atoms with E-state index >= 15 is 0 Å². The second-order valence-electron chi connectivity index (χ2n) is 5.69. The van der Waals surface area contributed by atoms with Gasteiger partial charge in [-0.3, -0.25) is 9.36 Å². The van der Waals surface area contributed by atoms with Gasteiger partial charge in [-0.1, -0.05) is 13.0 Å². The van der Waals surface area contributed by atoms with Crippen molar-refractivity contribution in [2.24, 2.45) is 0 Å². The van der Waals surface area contributed by atoms with Crippen LogP contribution in [0.3, 0.4) is 0 Å². The lowest BCUT2D eigenvalue weighted by atomic mass is 10.1. The zero-order valence-corrected chi connectivity index (χ0v) is 15.5. The first-order valence-electron chi connectivity index (χ1n) is 8.11. The van der Waals surface area contributed by atoms with Gasteiger partial charge in [-0.25, -0.2) is 4.98 Å². The van der Waals surface area contributed by atoms with E-state index in [4.69, 9.17) is 10.2 Å². The molecular weight excluding hydrogens is 338 g/mol. The molecule has 4 nitrogen and oxygen atoms in total. The summed E-state index contributed by atoms with van der Waals surface area (Å²) in [6.07, 6.45) is 2.86. The molecule has 0 aliphatic heterocycles. The van der Waals surface area contributed by atoms with Crippen LogP contribution in [0.5, 0.6) is 0 Å². The van der Waals surface area contributed by atoms with Gasteiger partial charge in [0.25, 0.3) is 5.56 Å². The van der Waals surface area contributed by atoms with E-state index in [1.165, 1.54) is 0 Å². The third-order valence-corrected chi connectivity index (χ3v) is 5.86. The lowest BCUT2D eigenvalue weighted by molar-refractivity contribution is 0.585. The molecule has 6 heteroatoms. The van der Waals surface area contributed by atoms with Gasteiger partial charge in [0, 0.05) is 34.7 Å². The summed E-state index contributed by atoms with van der Waals surface area (Å²) in [5.74, 6) is 0.840. The largest absolute Gasteiger partial charge is 0.296 e. The Balaban J connectivity index is 2.23. The highest BCUT2D eigenvalue weighted by Gasteiger charge is 2.19. The SMILES string of the molecule is CCCc1nc2sc(C)c(-c3cccs3)c2c(=O)n1CCCC#N. The van der Waals surface area contributed by atoms with Crippen molar-refractivity contribution in [3.8, 4) is 16.5 Å². The normalized spacial score (nSPS) is 11.0. The average molecular weight is 358 g/mol. The first-order chi connectivity index (χ1) is 11.7. The molecule has 3 aromatic rings. The van der Waals surface area contributed by atoms with E-state index in [2.05, 4.69) is 26.0 Å². The van der Waals surface area contributed by atoms with Crippen LogP contribution in [0.1, 0.15) is 36.9 Å². The fourth-order valence-corrected chi connectivity index (χ4v) is 4.86. The molecule has 0 unspecified atom stereocenters. The van der Waals surface area contributed by atoms with Gasteiger partial charge in [-0.15, -0.1) is 22.7 Å². The minimum absolute atomic E-state index is 0.0362. The summed E-state index contributed by atoms with van der Waals surface area (Å²) in [6, 6.07) is 6.21. The molecule has 0 aromatic carbocycles. The maximum absolute atomic E-state index is 13.2. The number of thiophene rings is 2. The molecular formula is C18H19N3OS2. The molecule has 0 radical (unpaired) electrons. The van der Waals surface area contributed by atoms with Gasteiger partial charge in [0.2, 0.25) is 0 Å². The molecule has 0 N–H and O–H groups in total. The molecule has 0 bridgehead atoms. The molecule has 0 aliphatic rings. The molecule has 0 atom stereocenters. The van der Waals surface area contributed by atoms with E-state index < -0.39 is 0 Å². The molecule has 0 amide bonds. The Morgan fingerprint density at radius 1 is 1.42 bits per heavy atom. The van der Waals surface area contributed by atoms with E-state index in [9.17, 15) is 4.79 Å². The Hall–Kier alpha value is -1.97. The summed E-state index contributed by atoms with van der Waals surface area (Å²) in [5, 5.41) is 11.5. The fourth-order valence-electron chi connectivity index (χ4n) is 2.92. The number of nitriles is 1. The van der Waals surface area contributed by atoms with Crippen LogP contribution in [0.15, 0.2) is 22.3 Å². The molecule has 0 spiro atoms. The Kier molecular flexibility index (Phi) is 5.12. The van der Waals surface area contributed by atoms with Crippen molar-refractivity contribution in [2.45, 2.75) is 46.1 Å². The molecule has 3 heterocycles. The van der Waals surface area contributed by atoms with Gasteiger partial charge >= 0.3 is 0 Å². The summed E-state index contributed by atoms with van der Waals surface area (Å²) in [6.45, 7) is 4.70. The summed E-state index contributed by atoms with van der Waals surface area (Å²) in [7, 11) is 0. The zero-order chi connectivity index (χ0) is 17.1. The molecule has 0 fully saturated rings. The third kappa shape index (κ3) is 3.02. The molecule has 124 valence electrons. The van der Waals surface area contributed by atoms with Crippen LogP contribution in [0.2, 0.25) is 0 Å². The van der Waals surface area contributed by atoms with Crippen molar-refractivity contribution in [3.05, 3.63) is 38.6 Å². The molecule has 0 aliphatic carbocycles. The number of hydrogen-bond acceptors (Lipinski definition) is 5. The summed E-state index contributed by atoms with van der Waals surface area (Å²) < 4.78 is 1.78. The predicted molar refractivity (Wildman–Crippen MR) is 101 cm³/mol. The van der Waals surface area contributed by atoms with E-state index in [-0.39, 0.29) is 5.56 Å². The lowest BCUT2D eigenvalue weighted by Crippen LogP contribution is -2.25. The Labute approximate surface area is 149 Å². The maximum Gasteiger partial charge on any atom is 0.262 e. The van der Waals surface area contributed by atoms with Crippen molar-refractivity contribution in [3.63, 3.8) is 0 Å². The Morgan fingerprint density at radius 3 is 2.92 bits per heavy atom. The van der Waals surface area contributed by atoms with Crippen molar-refractivity contribution < 1.29 is 0 Å². The van der Waals surface area contributed by atoms with Crippen LogP contribution in [0.4, 0.5) is 0 Å². The lowest BCUT2D eigenvalue weighted by Gasteiger charge is -2.11. The van der Waals surface area contributed by atoms with Crippen molar-refractivity contribution in [2.75, 3.05) is 0 Å². The number of rotatable bonds is 6. The van der Waals surface area contributed by atoms with Crippen molar-refractivity contribution in [1.82, 2.24) is 9.55 Å². The number of nitrogens with zero attached hydrogens (tertiary/aromatic N) is 3. The number of aromatic nitrogens is 2. The number of hydrogen-bond donors (Lipinski definition) is 0. The first-order valence-corrected chi connectivity index (χ1v) is 9.80. The molecule has 3 aromatic heterocycles. The average Bonchev–Trinajstić information content (AvgIpc) is 3.17. The van der Waals surface area contributed by atoms with Crippen LogP contribution in [0.25, 0.3) is 20.7 Å². The van der Waals surface area contributed by atoms with Gasteiger partial charge < -0.3 is 0 Å². The third-order valence-electron chi connectivity index (χ3n) is 3.98. The monoisotopic (exact) mass is 357 g/mol. The second-order valence-corrected chi connectivity index (χ2v) is 7.84. The van der Waals surface area contributed by atoms with Gasteiger partial charge in [0.15, 0.2) is 0 Å². The highest BCUT2D eigenvalue weighted by Crippen LogP contribution is 2.38. The minimum atomic E-state index is 0.0362. The van der Waals surface area contributed by atoms with E-state index in [1.807, 2.05) is 11.4 Å². The Bertz CT molecular complexity index is 945. The maximum atomic E-state index is 13.2. The smallest absolute Gasteiger partial charge is 0.262 e. The highest BCUT2D eigenvalue weighted by molar-refractivity contribution is 7.20. The van der Waals surface area contributed by atoms with E-state index in [0.717, 1.165) is 44.2 Å². The molecule has 0 saturated carbocycles. The second kappa shape index (κ2) is 7.29. The van der Waals surface area contributed by atoms with Gasteiger partial charge in [-0.2, -0.15) is 5.26 Å². The van der Waals surface area contributed by atoms with Gasteiger partial charge in [-0.05, 0) is 31.2 Å². The highest BCUT2D eigenvalue weighted by atomic mass is 32.1. The van der Waals surface area contributed by atoms with Crippen molar-refractivity contribution in [1.29, 1.82) is 5.26 Å².